The van der Waals surface area contributed by atoms with Gasteiger partial charge in [-0.15, -0.1) is 0 Å². The zero-order valence-electron chi connectivity index (χ0n) is 12.4. The number of nitrogens with zero attached hydrogens (tertiary/aromatic N) is 1. The Bertz CT molecular complexity index is 290. The third-order valence-corrected chi connectivity index (χ3v) is 4.35. The van der Waals surface area contributed by atoms with Crippen LogP contribution in [0.5, 0.6) is 0 Å². The average molecular weight is 268 g/mol. The van der Waals surface area contributed by atoms with E-state index in [9.17, 15) is 4.79 Å². The van der Waals surface area contributed by atoms with Crippen molar-refractivity contribution in [3.63, 3.8) is 0 Å². The minimum Gasteiger partial charge on any atom is -0.378 e. The van der Waals surface area contributed by atoms with Gasteiger partial charge in [0.2, 0.25) is 5.91 Å². The summed E-state index contributed by atoms with van der Waals surface area (Å²) in [6.07, 6.45) is 5.76. The van der Waals surface area contributed by atoms with Crippen LogP contribution in [-0.2, 0) is 9.53 Å². The standard InChI is InChI=1S/C15H28N2O2/c1-3-9-17(11-13-6-4-5-8-16-13)15(18)14-7-10-19-12(14)2/h12-14,16H,3-11H2,1-2H3. The molecule has 2 aliphatic heterocycles. The Morgan fingerprint density at radius 2 is 2.21 bits per heavy atom. The van der Waals surface area contributed by atoms with Gasteiger partial charge in [0.15, 0.2) is 0 Å². The maximum atomic E-state index is 12.6. The fourth-order valence-corrected chi connectivity index (χ4v) is 3.20. The maximum Gasteiger partial charge on any atom is 0.228 e. The third-order valence-electron chi connectivity index (χ3n) is 4.35. The van der Waals surface area contributed by atoms with Gasteiger partial charge in [-0.05, 0) is 39.2 Å². The molecule has 3 unspecified atom stereocenters. The number of hydrogen-bond acceptors (Lipinski definition) is 3. The van der Waals surface area contributed by atoms with Crippen molar-refractivity contribution in [3.8, 4) is 0 Å². The highest BCUT2D eigenvalue weighted by atomic mass is 16.5. The van der Waals surface area contributed by atoms with Gasteiger partial charge < -0.3 is 15.0 Å². The molecule has 4 nitrogen and oxygen atoms in total. The fraction of sp³-hybridized carbons (Fsp3) is 0.933. The van der Waals surface area contributed by atoms with Gasteiger partial charge in [0.05, 0.1) is 12.0 Å². The molecule has 0 saturated carbocycles. The van der Waals surface area contributed by atoms with Crippen LogP contribution in [0.2, 0.25) is 0 Å². The number of hydrogen-bond donors (Lipinski definition) is 1. The Hall–Kier alpha value is -0.610. The van der Waals surface area contributed by atoms with Crippen molar-refractivity contribution >= 4 is 5.91 Å². The van der Waals surface area contributed by atoms with E-state index in [2.05, 4.69) is 17.1 Å². The third kappa shape index (κ3) is 3.93. The van der Waals surface area contributed by atoms with E-state index in [1.165, 1.54) is 19.3 Å². The summed E-state index contributed by atoms with van der Waals surface area (Å²) in [7, 11) is 0. The summed E-state index contributed by atoms with van der Waals surface area (Å²) in [4.78, 5) is 14.7. The first-order valence-corrected chi connectivity index (χ1v) is 7.86. The lowest BCUT2D eigenvalue weighted by molar-refractivity contribution is -0.137. The zero-order chi connectivity index (χ0) is 13.7. The monoisotopic (exact) mass is 268 g/mol. The quantitative estimate of drug-likeness (QED) is 0.826. The van der Waals surface area contributed by atoms with Crippen LogP contribution in [0, 0.1) is 5.92 Å². The van der Waals surface area contributed by atoms with E-state index in [0.717, 1.165) is 39.1 Å². The van der Waals surface area contributed by atoms with E-state index >= 15 is 0 Å². The number of carbonyl (C=O) groups excluding carboxylic acids is 1. The number of rotatable bonds is 5. The predicted molar refractivity (Wildman–Crippen MR) is 76.0 cm³/mol. The number of amides is 1. The zero-order valence-corrected chi connectivity index (χ0v) is 12.4. The summed E-state index contributed by atoms with van der Waals surface area (Å²) in [5.41, 5.74) is 0. The second-order valence-corrected chi connectivity index (χ2v) is 5.90. The smallest absolute Gasteiger partial charge is 0.228 e. The first kappa shape index (κ1) is 14.8. The van der Waals surface area contributed by atoms with Crippen molar-refractivity contribution in [2.45, 2.75) is 58.1 Å². The molecule has 2 heterocycles. The van der Waals surface area contributed by atoms with Gasteiger partial charge in [0, 0.05) is 25.7 Å². The first-order valence-electron chi connectivity index (χ1n) is 7.86. The van der Waals surface area contributed by atoms with Crippen molar-refractivity contribution in [3.05, 3.63) is 0 Å². The van der Waals surface area contributed by atoms with Gasteiger partial charge >= 0.3 is 0 Å². The molecule has 0 bridgehead atoms. The number of piperidine rings is 1. The van der Waals surface area contributed by atoms with Crippen molar-refractivity contribution in [2.75, 3.05) is 26.2 Å². The largest absolute Gasteiger partial charge is 0.378 e. The lowest BCUT2D eigenvalue weighted by atomic mass is 9.99. The molecule has 0 aliphatic carbocycles. The Morgan fingerprint density at radius 3 is 2.79 bits per heavy atom. The molecular formula is C15H28N2O2. The first-order chi connectivity index (χ1) is 9.22. The van der Waals surface area contributed by atoms with Crippen LogP contribution in [0.15, 0.2) is 0 Å². The molecule has 3 atom stereocenters. The van der Waals surface area contributed by atoms with Crippen LogP contribution in [-0.4, -0.2) is 49.2 Å². The number of carbonyl (C=O) groups is 1. The minimum atomic E-state index is 0.0788. The van der Waals surface area contributed by atoms with E-state index in [1.54, 1.807) is 0 Å². The van der Waals surface area contributed by atoms with E-state index in [0.29, 0.717) is 11.9 Å². The summed E-state index contributed by atoms with van der Waals surface area (Å²) in [5, 5.41) is 3.54. The second kappa shape index (κ2) is 7.25. The van der Waals surface area contributed by atoms with Crippen LogP contribution in [0.3, 0.4) is 0 Å². The van der Waals surface area contributed by atoms with Crippen molar-refractivity contribution < 1.29 is 9.53 Å². The Balaban J connectivity index is 1.91. The molecule has 0 aromatic rings. The van der Waals surface area contributed by atoms with Gasteiger partial charge in [0.1, 0.15) is 0 Å². The average Bonchev–Trinajstić information content (AvgIpc) is 2.85. The van der Waals surface area contributed by atoms with Crippen LogP contribution >= 0.6 is 0 Å². The SMILES string of the molecule is CCCN(CC1CCCCN1)C(=O)C1CCOC1C. The summed E-state index contributed by atoms with van der Waals surface area (Å²) in [6, 6.07) is 0.488. The van der Waals surface area contributed by atoms with Crippen LogP contribution < -0.4 is 5.32 Å². The maximum absolute atomic E-state index is 12.6. The second-order valence-electron chi connectivity index (χ2n) is 5.90. The van der Waals surface area contributed by atoms with Gasteiger partial charge in [-0.2, -0.15) is 0 Å². The molecule has 110 valence electrons. The van der Waals surface area contributed by atoms with Gasteiger partial charge in [-0.1, -0.05) is 13.3 Å². The van der Waals surface area contributed by atoms with E-state index in [4.69, 9.17) is 4.74 Å². The van der Waals surface area contributed by atoms with Crippen molar-refractivity contribution in [1.29, 1.82) is 0 Å². The molecule has 19 heavy (non-hydrogen) atoms. The Labute approximate surface area is 116 Å². The van der Waals surface area contributed by atoms with Crippen molar-refractivity contribution in [1.82, 2.24) is 10.2 Å². The Kier molecular flexibility index (Phi) is 5.64. The van der Waals surface area contributed by atoms with E-state index in [-0.39, 0.29) is 12.0 Å². The molecule has 0 radical (unpaired) electrons. The van der Waals surface area contributed by atoms with Crippen LogP contribution in [0.4, 0.5) is 0 Å². The number of ether oxygens (including phenoxy) is 1. The van der Waals surface area contributed by atoms with E-state index in [1.807, 2.05) is 6.92 Å². The number of nitrogens with one attached hydrogen (secondary N) is 1. The highest BCUT2D eigenvalue weighted by Crippen LogP contribution is 2.23. The molecular weight excluding hydrogens is 240 g/mol. The molecule has 0 aromatic heterocycles. The molecule has 2 saturated heterocycles. The lowest BCUT2D eigenvalue weighted by Gasteiger charge is -2.32. The van der Waals surface area contributed by atoms with Gasteiger partial charge in [0.25, 0.3) is 0 Å². The van der Waals surface area contributed by atoms with Gasteiger partial charge in [-0.3, -0.25) is 4.79 Å². The summed E-state index contributed by atoms with van der Waals surface area (Å²) in [5.74, 6) is 0.384. The molecule has 1 N–H and O–H groups in total. The highest BCUT2D eigenvalue weighted by Gasteiger charge is 2.34. The molecule has 2 rings (SSSR count). The topological polar surface area (TPSA) is 41.6 Å². The molecule has 2 fully saturated rings. The predicted octanol–water partition coefficient (Wildman–Crippen LogP) is 1.79. The summed E-state index contributed by atoms with van der Waals surface area (Å²) < 4.78 is 5.54. The van der Waals surface area contributed by atoms with Crippen LogP contribution in [0.25, 0.3) is 0 Å². The lowest BCUT2D eigenvalue weighted by Crippen LogP contribution is -2.48. The molecule has 0 aromatic carbocycles. The summed E-state index contributed by atoms with van der Waals surface area (Å²) in [6.45, 7) is 7.75. The van der Waals surface area contributed by atoms with E-state index < -0.39 is 0 Å². The highest BCUT2D eigenvalue weighted by molar-refractivity contribution is 5.79. The minimum absolute atomic E-state index is 0.0788. The van der Waals surface area contributed by atoms with Crippen molar-refractivity contribution in [2.24, 2.45) is 5.92 Å². The molecule has 1 amide bonds. The molecule has 0 spiro atoms. The summed E-state index contributed by atoms with van der Waals surface area (Å²) >= 11 is 0. The van der Waals surface area contributed by atoms with Crippen LogP contribution in [0.1, 0.15) is 46.0 Å². The fourth-order valence-electron chi connectivity index (χ4n) is 3.20. The normalized spacial score (nSPS) is 31.4. The molecule has 4 heteroatoms. The van der Waals surface area contributed by atoms with Gasteiger partial charge in [-0.25, -0.2) is 0 Å². The molecule has 2 aliphatic rings. The Morgan fingerprint density at radius 1 is 1.37 bits per heavy atom.